The summed E-state index contributed by atoms with van der Waals surface area (Å²) in [4.78, 5) is 22.7. The third kappa shape index (κ3) is 5.45. The Morgan fingerprint density at radius 1 is 1.00 bits per heavy atom. The highest BCUT2D eigenvalue weighted by molar-refractivity contribution is 7.92. The number of carbonyl (C=O) groups is 2. The van der Waals surface area contributed by atoms with Crippen LogP contribution in [0.5, 0.6) is 5.75 Å². The number of sulfonamides is 1. The summed E-state index contributed by atoms with van der Waals surface area (Å²) in [5.74, 6) is -0.122. The van der Waals surface area contributed by atoms with Crippen molar-refractivity contribution in [2.75, 3.05) is 22.5 Å². The molecular formula is C18H21N3O5S. The Labute approximate surface area is 158 Å². The summed E-state index contributed by atoms with van der Waals surface area (Å²) in [5.41, 5.74) is 1.16. The molecule has 9 heteroatoms. The fraction of sp³-hybridized carbons (Fsp3) is 0.222. The molecular weight excluding hydrogens is 370 g/mol. The molecule has 0 unspecified atom stereocenters. The van der Waals surface area contributed by atoms with Gasteiger partial charge in [-0.1, -0.05) is 6.92 Å². The molecule has 0 bridgehead atoms. The maximum absolute atomic E-state index is 12.6. The van der Waals surface area contributed by atoms with Gasteiger partial charge in [-0.25, -0.2) is 8.42 Å². The van der Waals surface area contributed by atoms with Crippen molar-refractivity contribution in [3.8, 4) is 5.75 Å². The number of hydrogen-bond donors (Lipinski definition) is 3. The lowest BCUT2D eigenvalue weighted by molar-refractivity contribution is -0.116. The molecule has 0 aliphatic heterocycles. The van der Waals surface area contributed by atoms with Gasteiger partial charge in [-0.05, 0) is 42.5 Å². The van der Waals surface area contributed by atoms with Crippen LogP contribution in [0.15, 0.2) is 47.4 Å². The van der Waals surface area contributed by atoms with Gasteiger partial charge in [0.25, 0.3) is 10.0 Å². The summed E-state index contributed by atoms with van der Waals surface area (Å²) >= 11 is 0. The minimum absolute atomic E-state index is 0.0272. The van der Waals surface area contributed by atoms with Gasteiger partial charge >= 0.3 is 0 Å². The fourth-order valence-corrected chi connectivity index (χ4v) is 3.31. The second-order valence-electron chi connectivity index (χ2n) is 5.63. The summed E-state index contributed by atoms with van der Waals surface area (Å²) in [5, 5.41) is 5.22. The molecule has 144 valence electrons. The maximum atomic E-state index is 12.6. The van der Waals surface area contributed by atoms with Gasteiger partial charge in [-0.15, -0.1) is 0 Å². The van der Waals surface area contributed by atoms with E-state index < -0.39 is 10.0 Å². The van der Waals surface area contributed by atoms with Crippen LogP contribution >= 0.6 is 0 Å². The molecule has 0 aliphatic carbocycles. The Bertz CT molecular complexity index is 940. The average molecular weight is 391 g/mol. The van der Waals surface area contributed by atoms with Crippen LogP contribution in [0.4, 0.5) is 17.1 Å². The van der Waals surface area contributed by atoms with Gasteiger partial charge in [-0.3, -0.25) is 14.3 Å². The lowest BCUT2D eigenvalue weighted by atomic mass is 10.3. The first kappa shape index (κ1) is 20.2. The highest BCUT2D eigenvalue weighted by Crippen LogP contribution is 2.28. The van der Waals surface area contributed by atoms with E-state index in [-0.39, 0.29) is 28.8 Å². The van der Waals surface area contributed by atoms with E-state index >= 15 is 0 Å². The quantitative estimate of drug-likeness (QED) is 0.672. The Balaban J connectivity index is 2.26. The van der Waals surface area contributed by atoms with Crippen LogP contribution in [0.2, 0.25) is 0 Å². The van der Waals surface area contributed by atoms with E-state index in [9.17, 15) is 18.0 Å². The second-order valence-corrected chi connectivity index (χ2v) is 7.31. The third-order valence-corrected chi connectivity index (χ3v) is 4.91. The van der Waals surface area contributed by atoms with Crippen molar-refractivity contribution in [3.05, 3.63) is 42.5 Å². The largest absolute Gasteiger partial charge is 0.495 e. The van der Waals surface area contributed by atoms with Crippen LogP contribution in [0.3, 0.4) is 0 Å². The lowest BCUT2D eigenvalue weighted by Gasteiger charge is -2.13. The lowest BCUT2D eigenvalue weighted by Crippen LogP contribution is -2.15. The molecule has 2 aromatic carbocycles. The molecule has 0 aliphatic rings. The Kier molecular flexibility index (Phi) is 6.40. The van der Waals surface area contributed by atoms with Gasteiger partial charge in [0.2, 0.25) is 11.8 Å². The summed E-state index contributed by atoms with van der Waals surface area (Å²) in [6, 6.07) is 10.4. The van der Waals surface area contributed by atoms with Gasteiger partial charge in [0, 0.05) is 24.7 Å². The zero-order valence-corrected chi connectivity index (χ0v) is 16.0. The first-order chi connectivity index (χ1) is 12.7. The van der Waals surface area contributed by atoms with Crippen LogP contribution in [0.1, 0.15) is 20.3 Å². The Hall–Kier alpha value is -3.07. The van der Waals surface area contributed by atoms with Crippen LogP contribution in [-0.4, -0.2) is 27.3 Å². The molecule has 0 atom stereocenters. The molecule has 0 aromatic heterocycles. The smallest absolute Gasteiger partial charge is 0.261 e. The standard InChI is InChI=1S/C18H21N3O5S/c1-4-18(23)20-16-11-15(9-10-17(16)26-3)27(24,25)21-14-7-5-13(6-8-14)19-12(2)22/h5-11,21H,4H2,1-3H3,(H,19,22)(H,20,23). The van der Waals surface area contributed by atoms with Crippen LogP contribution < -0.4 is 20.1 Å². The van der Waals surface area contributed by atoms with E-state index in [0.29, 0.717) is 17.1 Å². The highest BCUT2D eigenvalue weighted by atomic mass is 32.2. The minimum Gasteiger partial charge on any atom is -0.495 e. The highest BCUT2D eigenvalue weighted by Gasteiger charge is 2.17. The Morgan fingerprint density at radius 2 is 1.63 bits per heavy atom. The van der Waals surface area contributed by atoms with Crippen LogP contribution in [0, 0.1) is 0 Å². The molecule has 0 spiro atoms. The summed E-state index contributed by atoms with van der Waals surface area (Å²) in [6.07, 6.45) is 0.249. The molecule has 0 saturated heterocycles. The molecule has 27 heavy (non-hydrogen) atoms. The van der Waals surface area contributed by atoms with Gasteiger partial charge in [0.1, 0.15) is 5.75 Å². The van der Waals surface area contributed by atoms with Gasteiger partial charge < -0.3 is 15.4 Å². The fourth-order valence-electron chi connectivity index (χ4n) is 2.23. The molecule has 2 aromatic rings. The number of nitrogens with one attached hydrogen (secondary N) is 3. The van der Waals surface area contributed by atoms with Crippen molar-refractivity contribution in [1.29, 1.82) is 0 Å². The molecule has 0 radical (unpaired) electrons. The topological polar surface area (TPSA) is 114 Å². The van der Waals surface area contributed by atoms with Gasteiger partial charge in [0.05, 0.1) is 17.7 Å². The molecule has 2 amide bonds. The van der Waals surface area contributed by atoms with Crippen molar-refractivity contribution >= 4 is 38.9 Å². The summed E-state index contributed by atoms with van der Waals surface area (Å²) in [7, 11) is -2.45. The first-order valence-electron chi connectivity index (χ1n) is 8.13. The molecule has 3 N–H and O–H groups in total. The van der Waals surface area contributed by atoms with Crippen molar-refractivity contribution in [3.63, 3.8) is 0 Å². The van der Waals surface area contributed by atoms with Crippen LogP contribution in [-0.2, 0) is 19.6 Å². The predicted molar refractivity (Wildman–Crippen MR) is 103 cm³/mol. The maximum Gasteiger partial charge on any atom is 0.261 e. The monoisotopic (exact) mass is 391 g/mol. The van der Waals surface area contributed by atoms with Gasteiger partial charge in [0.15, 0.2) is 0 Å². The van der Waals surface area contributed by atoms with Gasteiger partial charge in [-0.2, -0.15) is 0 Å². The number of rotatable bonds is 7. The summed E-state index contributed by atoms with van der Waals surface area (Å²) in [6.45, 7) is 3.07. The normalized spacial score (nSPS) is 10.8. The van der Waals surface area contributed by atoms with E-state index in [0.717, 1.165) is 0 Å². The van der Waals surface area contributed by atoms with Crippen LogP contribution in [0.25, 0.3) is 0 Å². The number of benzene rings is 2. The van der Waals surface area contributed by atoms with Crippen molar-refractivity contribution in [1.82, 2.24) is 0 Å². The zero-order chi connectivity index (χ0) is 20.0. The van der Waals surface area contributed by atoms with Crippen molar-refractivity contribution < 1.29 is 22.7 Å². The molecule has 8 nitrogen and oxygen atoms in total. The molecule has 0 saturated carbocycles. The zero-order valence-electron chi connectivity index (χ0n) is 15.2. The van der Waals surface area contributed by atoms with E-state index in [2.05, 4.69) is 15.4 Å². The van der Waals surface area contributed by atoms with E-state index in [1.807, 2.05) is 0 Å². The number of carbonyl (C=O) groups excluding carboxylic acids is 2. The molecule has 0 fully saturated rings. The predicted octanol–water partition coefficient (Wildman–Crippen LogP) is 2.80. The second kappa shape index (κ2) is 8.54. The third-order valence-electron chi connectivity index (χ3n) is 3.53. The van der Waals surface area contributed by atoms with E-state index in [1.54, 1.807) is 19.1 Å². The number of ether oxygens (including phenoxy) is 1. The first-order valence-corrected chi connectivity index (χ1v) is 9.62. The Morgan fingerprint density at radius 3 is 2.19 bits per heavy atom. The number of hydrogen-bond acceptors (Lipinski definition) is 5. The summed E-state index contributed by atoms with van der Waals surface area (Å²) < 4.78 is 32.9. The molecule has 2 rings (SSSR count). The minimum atomic E-state index is -3.88. The number of methoxy groups -OCH3 is 1. The van der Waals surface area contributed by atoms with Crippen molar-refractivity contribution in [2.45, 2.75) is 25.2 Å². The van der Waals surface area contributed by atoms with E-state index in [4.69, 9.17) is 4.74 Å². The average Bonchev–Trinajstić information content (AvgIpc) is 2.62. The number of anilines is 3. The number of amides is 2. The SMILES string of the molecule is CCC(=O)Nc1cc(S(=O)(=O)Nc2ccc(NC(C)=O)cc2)ccc1OC. The molecule has 0 heterocycles. The van der Waals surface area contributed by atoms with Crippen molar-refractivity contribution in [2.24, 2.45) is 0 Å². The van der Waals surface area contributed by atoms with E-state index in [1.165, 1.54) is 44.4 Å².